The van der Waals surface area contributed by atoms with Crippen molar-refractivity contribution in [2.24, 2.45) is 0 Å². The first-order valence-corrected chi connectivity index (χ1v) is 7.28. The molecule has 1 aromatic carbocycles. The normalized spacial score (nSPS) is 9.81. The number of hydrogen-bond acceptors (Lipinski definition) is 3. The topological polar surface area (TPSA) is 49.3 Å². The molecular formula is C16H14FNO2S. The van der Waals surface area contributed by atoms with Crippen LogP contribution in [0.15, 0.2) is 35.7 Å². The van der Waals surface area contributed by atoms with Crippen LogP contribution in [0.1, 0.15) is 27.2 Å². The van der Waals surface area contributed by atoms with E-state index in [-0.39, 0.29) is 12.2 Å². The Balaban J connectivity index is 1.93. The third-order valence-corrected chi connectivity index (χ3v) is 3.60. The number of hydrogen-bond donors (Lipinski definition) is 2. The molecule has 0 unspecified atom stereocenters. The van der Waals surface area contributed by atoms with Gasteiger partial charge in [-0.2, -0.15) is 0 Å². The summed E-state index contributed by atoms with van der Waals surface area (Å²) < 4.78 is 13.4. The van der Waals surface area contributed by atoms with Crippen LogP contribution in [0.5, 0.6) is 0 Å². The van der Waals surface area contributed by atoms with E-state index >= 15 is 0 Å². The first-order chi connectivity index (χ1) is 10.2. The van der Waals surface area contributed by atoms with Crippen molar-refractivity contribution >= 4 is 17.2 Å². The van der Waals surface area contributed by atoms with Crippen molar-refractivity contribution in [3.05, 3.63) is 57.5 Å². The molecule has 108 valence electrons. The van der Waals surface area contributed by atoms with E-state index in [1.165, 1.54) is 23.5 Å². The van der Waals surface area contributed by atoms with E-state index in [1.807, 2.05) is 11.4 Å². The summed E-state index contributed by atoms with van der Waals surface area (Å²) in [5.41, 5.74) is 0.889. The quantitative estimate of drug-likeness (QED) is 0.853. The van der Waals surface area contributed by atoms with E-state index < -0.39 is 11.7 Å². The summed E-state index contributed by atoms with van der Waals surface area (Å²) in [5, 5.41) is 13.2. The molecule has 21 heavy (non-hydrogen) atoms. The predicted molar refractivity (Wildman–Crippen MR) is 80.5 cm³/mol. The Morgan fingerprint density at radius 2 is 2.19 bits per heavy atom. The Labute approximate surface area is 126 Å². The van der Waals surface area contributed by atoms with Crippen molar-refractivity contribution < 1.29 is 14.3 Å². The maximum Gasteiger partial charge on any atom is 0.254 e. The minimum absolute atomic E-state index is 0.0389. The lowest BCUT2D eigenvalue weighted by Crippen LogP contribution is -2.23. The molecule has 0 aliphatic rings. The Morgan fingerprint density at radius 3 is 2.95 bits per heavy atom. The van der Waals surface area contributed by atoms with Crippen LogP contribution in [0.2, 0.25) is 0 Å². The number of halogens is 1. The van der Waals surface area contributed by atoms with Gasteiger partial charge in [-0.1, -0.05) is 24.0 Å². The number of aliphatic hydroxyl groups is 1. The molecule has 2 aromatic rings. The van der Waals surface area contributed by atoms with Gasteiger partial charge in [0.05, 0.1) is 18.7 Å². The van der Waals surface area contributed by atoms with E-state index in [2.05, 4.69) is 17.2 Å². The molecule has 2 rings (SSSR count). The molecular weight excluding hydrogens is 289 g/mol. The number of nitrogens with one attached hydrogen (secondary N) is 1. The van der Waals surface area contributed by atoms with E-state index in [0.29, 0.717) is 13.0 Å². The molecule has 0 saturated carbocycles. The van der Waals surface area contributed by atoms with Crippen LogP contribution < -0.4 is 5.32 Å². The van der Waals surface area contributed by atoms with Crippen molar-refractivity contribution in [3.8, 4) is 11.8 Å². The zero-order valence-electron chi connectivity index (χ0n) is 11.2. The summed E-state index contributed by atoms with van der Waals surface area (Å²) in [6, 6.07) is 7.75. The van der Waals surface area contributed by atoms with Crippen LogP contribution >= 0.6 is 11.3 Å². The molecule has 1 heterocycles. The Hall–Kier alpha value is -2.16. The third kappa shape index (κ3) is 4.42. The molecule has 0 saturated heterocycles. The van der Waals surface area contributed by atoms with Gasteiger partial charge >= 0.3 is 0 Å². The Morgan fingerprint density at radius 1 is 1.38 bits per heavy atom. The van der Waals surface area contributed by atoms with Gasteiger partial charge in [-0.3, -0.25) is 4.79 Å². The van der Waals surface area contributed by atoms with Gasteiger partial charge in [0, 0.05) is 22.2 Å². The summed E-state index contributed by atoms with van der Waals surface area (Å²) in [7, 11) is 0. The minimum Gasteiger partial charge on any atom is -0.395 e. The van der Waals surface area contributed by atoms with Crippen LogP contribution in [0.25, 0.3) is 0 Å². The van der Waals surface area contributed by atoms with E-state index in [0.717, 1.165) is 10.4 Å². The summed E-state index contributed by atoms with van der Waals surface area (Å²) in [4.78, 5) is 12.8. The molecule has 0 bridgehead atoms. The van der Waals surface area contributed by atoms with Crippen LogP contribution in [-0.2, 0) is 6.54 Å². The van der Waals surface area contributed by atoms with Crippen molar-refractivity contribution in [2.45, 2.75) is 13.0 Å². The predicted octanol–water partition coefficient (Wildman–Crippen LogP) is 2.55. The number of benzene rings is 1. The van der Waals surface area contributed by atoms with Crippen LogP contribution in [0.3, 0.4) is 0 Å². The van der Waals surface area contributed by atoms with E-state index in [1.54, 1.807) is 12.1 Å². The number of aliphatic hydroxyl groups excluding tert-OH is 1. The second kappa shape index (κ2) is 7.58. The smallest absolute Gasteiger partial charge is 0.254 e. The second-order valence-electron chi connectivity index (χ2n) is 4.24. The molecule has 0 aliphatic carbocycles. The van der Waals surface area contributed by atoms with Gasteiger partial charge < -0.3 is 10.4 Å². The fourth-order valence-corrected chi connectivity index (χ4v) is 2.42. The lowest BCUT2D eigenvalue weighted by Gasteiger charge is -2.04. The fraction of sp³-hybridized carbons (Fsp3) is 0.188. The highest BCUT2D eigenvalue weighted by molar-refractivity contribution is 7.10. The second-order valence-corrected chi connectivity index (χ2v) is 5.24. The molecule has 0 atom stereocenters. The summed E-state index contributed by atoms with van der Waals surface area (Å²) in [5.74, 6) is 4.79. The lowest BCUT2D eigenvalue weighted by atomic mass is 10.2. The summed E-state index contributed by atoms with van der Waals surface area (Å²) >= 11 is 1.48. The van der Waals surface area contributed by atoms with Gasteiger partial charge in [0.15, 0.2) is 0 Å². The average molecular weight is 303 g/mol. The number of thiophene rings is 1. The number of rotatable bonds is 4. The molecule has 1 amide bonds. The zero-order valence-corrected chi connectivity index (χ0v) is 12.0. The monoisotopic (exact) mass is 303 g/mol. The molecule has 0 radical (unpaired) electrons. The zero-order chi connectivity index (χ0) is 15.1. The van der Waals surface area contributed by atoms with Gasteiger partial charge in [-0.25, -0.2) is 4.39 Å². The van der Waals surface area contributed by atoms with E-state index in [4.69, 9.17) is 5.11 Å². The highest BCUT2D eigenvalue weighted by atomic mass is 32.1. The first kappa shape index (κ1) is 15.2. The third-order valence-electron chi connectivity index (χ3n) is 2.66. The van der Waals surface area contributed by atoms with Gasteiger partial charge in [0.1, 0.15) is 5.82 Å². The summed E-state index contributed by atoms with van der Waals surface area (Å²) in [6.45, 7) is 0.377. The maximum atomic E-state index is 13.4. The highest BCUT2D eigenvalue weighted by Gasteiger charge is 2.10. The molecule has 0 aliphatic heterocycles. The highest BCUT2D eigenvalue weighted by Crippen LogP contribution is 2.14. The Kier molecular flexibility index (Phi) is 5.50. The lowest BCUT2D eigenvalue weighted by molar-refractivity contribution is 0.0947. The standard InChI is InChI=1S/C16H14FNO2S/c17-15-7-2-1-6-14(15)16(20)18-10-13-9-12(11-21-13)5-3-4-8-19/h1-2,6-7,9,11,19H,4,8,10H2,(H,18,20). The minimum atomic E-state index is -0.531. The van der Waals surface area contributed by atoms with Crippen LogP contribution in [0, 0.1) is 17.7 Å². The first-order valence-electron chi connectivity index (χ1n) is 6.40. The number of carbonyl (C=O) groups excluding carboxylic acids is 1. The van der Waals surface area contributed by atoms with E-state index in [9.17, 15) is 9.18 Å². The van der Waals surface area contributed by atoms with Crippen molar-refractivity contribution in [2.75, 3.05) is 6.61 Å². The van der Waals surface area contributed by atoms with Gasteiger partial charge in [-0.05, 0) is 18.2 Å². The maximum absolute atomic E-state index is 13.4. The summed E-state index contributed by atoms with van der Waals surface area (Å²) in [6.07, 6.45) is 0.440. The van der Waals surface area contributed by atoms with Crippen molar-refractivity contribution in [1.29, 1.82) is 0 Å². The largest absolute Gasteiger partial charge is 0.395 e. The Bertz CT molecular complexity index is 685. The average Bonchev–Trinajstić information content (AvgIpc) is 2.93. The molecule has 0 spiro atoms. The van der Waals surface area contributed by atoms with Gasteiger partial charge in [0.25, 0.3) is 5.91 Å². The molecule has 0 fully saturated rings. The van der Waals surface area contributed by atoms with Crippen LogP contribution in [-0.4, -0.2) is 17.6 Å². The number of carbonyl (C=O) groups is 1. The fourth-order valence-electron chi connectivity index (χ4n) is 1.67. The van der Waals surface area contributed by atoms with Gasteiger partial charge in [0.2, 0.25) is 0 Å². The van der Waals surface area contributed by atoms with Crippen LogP contribution in [0.4, 0.5) is 4.39 Å². The molecule has 2 N–H and O–H groups in total. The molecule has 1 aromatic heterocycles. The SMILES string of the molecule is O=C(NCc1cc(C#CCCO)cs1)c1ccccc1F. The van der Waals surface area contributed by atoms with Gasteiger partial charge in [-0.15, -0.1) is 11.3 Å². The number of amides is 1. The van der Waals surface area contributed by atoms with Crippen molar-refractivity contribution in [3.63, 3.8) is 0 Å². The molecule has 3 nitrogen and oxygen atoms in total. The molecule has 5 heteroatoms. The van der Waals surface area contributed by atoms with Crippen molar-refractivity contribution in [1.82, 2.24) is 5.32 Å².